The number of carboxylic acid groups (broad SMARTS) is 1. The number of carbonyl (C=O) groups is 1. The van der Waals surface area contributed by atoms with Crippen molar-refractivity contribution in [3.05, 3.63) is 47.4 Å². The summed E-state index contributed by atoms with van der Waals surface area (Å²) in [6.45, 7) is 5.09. The van der Waals surface area contributed by atoms with E-state index in [-0.39, 0.29) is 43.0 Å². The zero-order chi connectivity index (χ0) is 22.2. The van der Waals surface area contributed by atoms with E-state index in [4.69, 9.17) is 0 Å². The third-order valence-electron chi connectivity index (χ3n) is 7.04. The molecule has 4 heterocycles. The van der Waals surface area contributed by atoms with E-state index in [1.165, 1.54) is 0 Å². The van der Waals surface area contributed by atoms with Crippen molar-refractivity contribution in [2.24, 2.45) is 7.05 Å². The Kier molecular flexibility index (Phi) is 10.2. The van der Waals surface area contributed by atoms with Crippen LogP contribution >= 0.6 is 37.2 Å². The largest absolute Gasteiger partial charge is 0.507 e. The molecule has 5 rings (SSSR count). The van der Waals surface area contributed by atoms with Gasteiger partial charge in [-0.3, -0.25) is 14.8 Å². The van der Waals surface area contributed by atoms with Crippen LogP contribution < -0.4 is 0 Å². The van der Waals surface area contributed by atoms with Crippen LogP contribution in [0.25, 0.3) is 22.0 Å². The van der Waals surface area contributed by atoms with Crippen molar-refractivity contribution in [1.29, 1.82) is 0 Å². The van der Waals surface area contributed by atoms with Crippen molar-refractivity contribution in [1.82, 2.24) is 19.4 Å². The van der Waals surface area contributed by atoms with E-state index in [0.717, 1.165) is 79.8 Å². The number of carboxylic acids is 1. The van der Waals surface area contributed by atoms with Gasteiger partial charge in [-0.05, 0) is 75.6 Å². The number of aromatic carboxylic acids is 1. The average molecular weight is 544 g/mol. The molecule has 0 amide bonds. The van der Waals surface area contributed by atoms with Gasteiger partial charge in [-0.15, -0.1) is 37.2 Å². The van der Waals surface area contributed by atoms with Gasteiger partial charge in [-0.1, -0.05) is 0 Å². The van der Waals surface area contributed by atoms with Crippen LogP contribution in [-0.4, -0.2) is 61.7 Å². The number of fused-ring (bicyclic) bond motifs is 1. The number of benzene rings is 1. The number of aromatic nitrogens is 2. The van der Waals surface area contributed by atoms with Gasteiger partial charge in [0.25, 0.3) is 0 Å². The number of likely N-dealkylation sites (tertiary alicyclic amines) is 2. The van der Waals surface area contributed by atoms with Crippen molar-refractivity contribution in [3.63, 3.8) is 0 Å². The average Bonchev–Trinajstić information content (AvgIpc) is 3.54. The summed E-state index contributed by atoms with van der Waals surface area (Å²) in [5, 5.41) is 22.4. The molecule has 1 aromatic carbocycles. The number of aryl methyl sites for hydroxylation is 1. The Morgan fingerprint density at radius 3 is 2.03 bits per heavy atom. The Morgan fingerprint density at radius 2 is 1.49 bits per heavy atom. The Morgan fingerprint density at radius 1 is 0.943 bits per heavy atom. The molecule has 0 spiro atoms. The third-order valence-corrected chi connectivity index (χ3v) is 7.04. The molecule has 2 saturated heterocycles. The number of nitrogens with zero attached hydrogens (tertiary/aromatic N) is 4. The van der Waals surface area contributed by atoms with Crippen molar-refractivity contribution < 1.29 is 15.0 Å². The fourth-order valence-electron chi connectivity index (χ4n) is 5.35. The summed E-state index contributed by atoms with van der Waals surface area (Å²) in [5.74, 6) is -0.750. The van der Waals surface area contributed by atoms with Crippen LogP contribution in [0.1, 0.15) is 47.3 Å². The van der Waals surface area contributed by atoms with Gasteiger partial charge in [-0.25, -0.2) is 4.79 Å². The second kappa shape index (κ2) is 12.3. The summed E-state index contributed by atoms with van der Waals surface area (Å²) >= 11 is 0. The number of halogens is 3. The van der Waals surface area contributed by atoms with Crippen molar-refractivity contribution in [3.8, 4) is 16.9 Å². The molecule has 2 N–H and O–H groups in total. The first-order valence-corrected chi connectivity index (χ1v) is 11.5. The maximum atomic E-state index is 12.5. The summed E-state index contributed by atoms with van der Waals surface area (Å²) in [6.07, 6.45) is 8.00. The molecule has 2 fully saturated rings. The van der Waals surface area contributed by atoms with Crippen LogP contribution in [0.5, 0.6) is 5.75 Å². The van der Waals surface area contributed by atoms with Crippen LogP contribution in [0.15, 0.2) is 30.6 Å². The number of hydrogen-bond acceptors (Lipinski definition) is 5. The zero-order valence-corrected chi connectivity index (χ0v) is 22.2. The highest BCUT2D eigenvalue weighted by atomic mass is 35.5. The molecule has 0 saturated carbocycles. The lowest BCUT2D eigenvalue weighted by Gasteiger charge is -2.19. The number of aromatic hydroxyl groups is 1. The molecule has 10 heteroatoms. The minimum absolute atomic E-state index is 0. The maximum Gasteiger partial charge on any atom is 0.338 e. The molecule has 7 nitrogen and oxygen atoms in total. The van der Waals surface area contributed by atoms with Gasteiger partial charge in [-0.2, -0.15) is 0 Å². The van der Waals surface area contributed by atoms with Crippen molar-refractivity contribution in [2.75, 3.05) is 26.2 Å². The molecule has 0 atom stereocenters. The summed E-state index contributed by atoms with van der Waals surface area (Å²) < 4.78 is 2.02. The van der Waals surface area contributed by atoms with Gasteiger partial charge in [0, 0.05) is 54.7 Å². The lowest BCUT2D eigenvalue weighted by molar-refractivity contribution is 0.0696. The minimum atomic E-state index is -0.927. The summed E-state index contributed by atoms with van der Waals surface area (Å²) in [6, 6.07) is 5.70. The van der Waals surface area contributed by atoms with E-state index in [2.05, 4.69) is 14.8 Å². The lowest BCUT2D eigenvalue weighted by Crippen LogP contribution is -2.21. The first-order chi connectivity index (χ1) is 15.5. The van der Waals surface area contributed by atoms with E-state index in [9.17, 15) is 15.0 Å². The quantitative estimate of drug-likeness (QED) is 0.450. The molecule has 2 aliphatic heterocycles. The Hall–Kier alpha value is -2.03. The van der Waals surface area contributed by atoms with Crippen molar-refractivity contribution in [2.45, 2.75) is 38.8 Å². The number of hydrogen-bond donors (Lipinski definition) is 2. The van der Waals surface area contributed by atoms with Crippen LogP contribution in [-0.2, 0) is 20.1 Å². The Labute approximate surface area is 224 Å². The van der Waals surface area contributed by atoms with Crippen LogP contribution in [0.4, 0.5) is 0 Å². The molecular weight excluding hydrogens is 511 g/mol. The third kappa shape index (κ3) is 5.54. The standard InChI is InChI=1S/C25H30N4O3.3ClH/c1-27-20-14-18(17-6-8-26-9-7-17)24(30)19(15-28-10-2-3-11-28)22(20)23(25(31)32)21(27)16-29-12-4-5-13-29;;;/h6-9,14,30H,2-5,10-13,15-16H2,1H3,(H,31,32);3*1H. The fraction of sp³-hybridized carbons (Fsp3) is 0.440. The molecule has 2 aliphatic rings. The fourth-order valence-corrected chi connectivity index (χ4v) is 5.35. The van der Waals surface area contributed by atoms with Crippen LogP contribution in [0, 0.1) is 0 Å². The number of phenols is 1. The molecule has 2 aromatic heterocycles. The molecule has 0 aliphatic carbocycles. The normalized spacial score (nSPS) is 16.0. The second-order valence-electron chi connectivity index (χ2n) is 9.03. The molecule has 3 aromatic rings. The van der Waals surface area contributed by atoms with Crippen LogP contribution in [0.2, 0.25) is 0 Å². The first-order valence-electron chi connectivity index (χ1n) is 11.5. The van der Waals surface area contributed by atoms with E-state index < -0.39 is 5.97 Å². The number of rotatable bonds is 6. The maximum absolute atomic E-state index is 12.5. The number of phenolic OH excluding ortho intramolecular Hbond substituents is 1. The van der Waals surface area contributed by atoms with Gasteiger partial charge in [0.05, 0.1) is 11.1 Å². The summed E-state index contributed by atoms with van der Waals surface area (Å²) in [4.78, 5) is 21.3. The molecule has 192 valence electrons. The molecule has 35 heavy (non-hydrogen) atoms. The molecule has 0 radical (unpaired) electrons. The van der Waals surface area contributed by atoms with E-state index in [1.807, 2.05) is 29.8 Å². The van der Waals surface area contributed by atoms with Crippen molar-refractivity contribution >= 4 is 54.1 Å². The Bertz CT molecular complexity index is 1160. The highest BCUT2D eigenvalue weighted by Crippen LogP contribution is 2.42. The highest BCUT2D eigenvalue weighted by molar-refractivity contribution is 6.08. The molecule has 0 unspecified atom stereocenters. The lowest BCUT2D eigenvalue weighted by atomic mass is 9.96. The SMILES string of the molecule is Cl.Cl.Cl.Cn1c(CN2CCCC2)c(C(=O)O)c2c(CN3CCCC3)c(O)c(-c3ccncc3)cc21. The van der Waals surface area contributed by atoms with Gasteiger partial charge in [0.2, 0.25) is 0 Å². The zero-order valence-electron chi connectivity index (χ0n) is 19.8. The number of pyridine rings is 1. The van der Waals surface area contributed by atoms with E-state index in [1.54, 1.807) is 12.4 Å². The van der Waals surface area contributed by atoms with Gasteiger partial charge in [0.1, 0.15) is 5.75 Å². The van der Waals surface area contributed by atoms with Gasteiger partial charge >= 0.3 is 5.97 Å². The smallest absolute Gasteiger partial charge is 0.338 e. The Balaban J connectivity index is 0.00000144. The van der Waals surface area contributed by atoms with Gasteiger partial charge in [0.15, 0.2) is 0 Å². The highest BCUT2D eigenvalue weighted by Gasteiger charge is 2.29. The molecule has 0 bridgehead atoms. The topological polar surface area (TPSA) is 81.8 Å². The first kappa shape index (κ1) is 29.2. The van der Waals surface area contributed by atoms with Crippen LogP contribution in [0.3, 0.4) is 0 Å². The monoisotopic (exact) mass is 542 g/mol. The predicted octanol–water partition coefficient (Wildman–Crippen LogP) is 5.10. The minimum Gasteiger partial charge on any atom is -0.507 e. The van der Waals surface area contributed by atoms with E-state index in [0.29, 0.717) is 24.0 Å². The van der Waals surface area contributed by atoms with E-state index >= 15 is 0 Å². The predicted molar refractivity (Wildman–Crippen MR) is 146 cm³/mol. The molecular formula is C25H33Cl3N4O3. The summed E-state index contributed by atoms with van der Waals surface area (Å²) in [5.41, 5.74) is 4.32. The second-order valence-corrected chi connectivity index (χ2v) is 9.03. The summed E-state index contributed by atoms with van der Waals surface area (Å²) in [7, 11) is 1.95. The van der Waals surface area contributed by atoms with Gasteiger partial charge < -0.3 is 14.8 Å².